The third-order valence-electron chi connectivity index (χ3n) is 7.28. The first kappa shape index (κ1) is 29.7. The Morgan fingerprint density at radius 3 is 1.49 bits per heavy atom. The molecule has 0 fully saturated rings. The summed E-state index contributed by atoms with van der Waals surface area (Å²) in [5, 5.41) is 6.85. The molecule has 0 saturated carbocycles. The van der Waals surface area contributed by atoms with Crippen molar-refractivity contribution >= 4 is 21.5 Å². The monoisotopic (exact) mass is 594 g/mol. The van der Waals surface area contributed by atoms with E-state index >= 15 is 0 Å². The molecule has 0 heterocycles. The molecule has 43 heavy (non-hydrogen) atoms. The van der Waals surface area contributed by atoms with Crippen molar-refractivity contribution in [3.63, 3.8) is 0 Å². The molecule has 5 aromatic carbocycles. The van der Waals surface area contributed by atoms with Gasteiger partial charge in [0, 0.05) is 53.6 Å². The van der Waals surface area contributed by atoms with Gasteiger partial charge in [0.05, 0.1) is 19.1 Å². The van der Waals surface area contributed by atoms with Gasteiger partial charge in [-0.3, -0.25) is 4.55 Å². The zero-order valence-electron chi connectivity index (χ0n) is 24.0. The Labute approximate surface area is 252 Å². The molecule has 0 bridgehead atoms. The van der Waals surface area contributed by atoms with Crippen LogP contribution in [0.15, 0.2) is 126 Å². The second-order valence-electron chi connectivity index (χ2n) is 10.0. The molecule has 0 aliphatic carbocycles. The third kappa shape index (κ3) is 7.17. The molecule has 5 rings (SSSR count). The van der Waals surface area contributed by atoms with Crippen LogP contribution in [0.3, 0.4) is 0 Å². The molecule has 220 valence electrons. The number of anilines is 2. The van der Waals surface area contributed by atoms with E-state index in [4.69, 9.17) is 9.47 Å². The molecule has 0 spiro atoms. The molecule has 0 atom stereocenters. The van der Waals surface area contributed by atoms with Gasteiger partial charge in [0.15, 0.2) is 0 Å². The standard InChI is InChI=1S/C35H34N2O5S/c1-41-32-21-27(36-23-25-11-5-3-6-12-25)17-19-29(32)35(31-15-9-10-16-34(31)43(38,39)40)30-20-18-28(22-33(30)42-2)37-24-26-13-7-4-8-14-26/h3-22,35-37H,23-24H2,1-2H3,(H,38,39,40). The molecule has 7 nitrogen and oxygen atoms in total. The highest BCUT2D eigenvalue weighted by Crippen LogP contribution is 2.44. The molecular formula is C35H34N2O5S. The van der Waals surface area contributed by atoms with Gasteiger partial charge in [0.1, 0.15) is 11.5 Å². The van der Waals surface area contributed by atoms with Crippen LogP contribution < -0.4 is 20.1 Å². The summed E-state index contributed by atoms with van der Waals surface area (Å²) in [5.41, 5.74) is 5.79. The Morgan fingerprint density at radius 2 is 1.05 bits per heavy atom. The fourth-order valence-corrected chi connectivity index (χ4v) is 5.91. The van der Waals surface area contributed by atoms with Gasteiger partial charge in [-0.25, -0.2) is 0 Å². The van der Waals surface area contributed by atoms with E-state index in [0.29, 0.717) is 41.3 Å². The lowest BCUT2D eigenvalue weighted by Crippen LogP contribution is -2.13. The van der Waals surface area contributed by atoms with Crippen molar-refractivity contribution in [2.75, 3.05) is 24.9 Å². The maximum Gasteiger partial charge on any atom is 0.294 e. The molecule has 0 aliphatic heterocycles. The summed E-state index contributed by atoms with van der Waals surface area (Å²) in [4.78, 5) is -0.179. The summed E-state index contributed by atoms with van der Waals surface area (Å²) in [6.45, 7) is 1.26. The van der Waals surface area contributed by atoms with Crippen molar-refractivity contribution in [3.8, 4) is 11.5 Å². The van der Waals surface area contributed by atoms with Crippen molar-refractivity contribution < 1.29 is 22.4 Å². The summed E-state index contributed by atoms with van der Waals surface area (Å²) < 4.78 is 47.0. The number of nitrogens with one attached hydrogen (secondary N) is 2. The molecule has 0 amide bonds. The van der Waals surface area contributed by atoms with Gasteiger partial charge in [0.2, 0.25) is 0 Å². The fraction of sp³-hybridized carbons (Fsp3) is 0.143. The third-order valence-corrected chi connectivity index (χ3v) is 8.20. The topological polar surface area (TPSA) is 96.9 Å². The maximum atomic E-state index is 12.6. The Kier molecular flexibility index (Phi) is 9.29. The maximum absolute atomic E-state index is 12.6. The van der Waals surface area contributed by atoms with Crippen LogP contribution in [-0.2, 0) is 23.2 Å². The quantitative estimate of drug-likeness (QED) is 0.103. The van der Waals surface area contributed by atoms with E-state index < -0.39 is 16.0 Å². The van der Waals surface area contributed by atoms with Gasteiger partial charge in [-0.05, 0) is 34.9 Å². The number of hydrogen-bond acceptors (Lipinski definition) is 6. The van der Waals surface area contributed by atoms with Crippen LogP contribution in [0.1, 0.15) is 33.7 Å². The molecule has 3 N–H and O–H groups in total. The number of rotatable bonds is 12. The van der Waals surface area contributed by atoms with E-state index in [2.05, 4.69) is 10.6 Å². The van der Waals surface area contributed by atoms with Gasteiger partial charge in [-0.2, -0.15) is 8.42 Å². The van der Waals surface area contributed by atoms with Crippen LogP contribution in [0, 0.1) is 0 Å². The zero-order valence-corrected chi connectivity index (χ0v) is 24.8. The van der Waals surface area contributed by atoms with Crippen LogP contribution in [0.2, 0.25) is 0 Å². The van der Waals surface area contributed by atoms with Crippen molar-refractivity contribution in [1.82, 2.24) is 0 Å². The molecule has 0 aliphatic rings. The van der Waals surface area contributed by atoms with Crippen molar-refractivity contribution in [2.45, 2.75) is 23.9 Å². The summed E-state index contributed by atoms with van der Waals surface area (Å²) >= 11 is 0. The molecular weight excluding hydrogens is 560 g/mol. The average molecular weight is 595 g/mol. The first-order valence-electron chi connectivity index (χ1n) is 13.8. The van der Waals surface area contributed by atoms with Crippen LogP contribution in [-0.4, -0.2) is 27.2 Å². The van der Waals surface area contributed by atoms with Gasteiger partial charge in [-0.15, -0.1) is 0 Å². The second kappa shape index (κ2) is 13.5. The first-order valence-corrected chi connectivity index (χ1v) is 15.3. The van der Waals surface area contributed by atoms with Crippen LogP contribution in [0.4, 0.5) is 11.4 Å². The molecule has 8 heteroatoms. The lowest BCUT2D eigenvalue weighted by Gasteiger charge is -2.25. The highest BCUT2D eigenvalue weighted by molar-refractivity contribution is 7.85. The van der Waals surface area contributed by atoms with Crippen LogP contribution in [0.25, 0.3) is 0 Å². The van der Waals surface area contributed by atoms with E-state index in [0.717, 1.165) is 22.5 Å². The van der Waals surface area contributed by atoms with E-state index in [1.807, 2.05) is 97.1 Å². The molecule has 0 unspecified atom stereocenters. The Morgan fingerprint density at radius 1 is 0.605 bits per heavy atom. The lowest BCUT2D eigenvalue weighted by atomic mass is 9.83. The highest BCUT2D eigenvalue weighted by Gasteiger charge is 2.29. The molecule has 5 aromatic rings. The largest absolute Gasteiger partial charge is 0.496 e. The fourth-order valence-electron chi connectivity index (χ4n) is 5.18. The SMILES string of the molecule is COc1cc(NCc2ccccc2)ccc1C(c1ccc(NCc2ccccc2)cc1OC)c1ccccc1S(=O)(=O)O. The summed E-state index contributed by atoms with van der Waals surface area (Å²) in [7, 11) is -1.37. The zero-order chi connectivity index (χ0) is 30.2. The normalized spacial score (nSPS) is 11.3. The number of benzene rings is 5. The summed E-state index contributed by atoms with van der Waals surface area (Å²) in [6.07, 6.45) is 0. The van der Waals surface area contributed by atoms with Gasteiger partial charge in [0.25, 0.3) is 10.1 Å². The van der Waals surface area contributed by atoms with E-state index in [-0.39, 0.29) is 4.90 Å². The minimum absolute atomic E-state index is 0.179. The van der Waals surface area contributed by atoms with Gasteiger partial charge in [-0.1, -0.05) is 91.0 Å². The minimum Gasteiger partial charge on any atom is -0.496 e. The first-order chi connectivity index (χ1) is 20.9. The molecule has 0 radical (unpaired) electrons. The van der Waals surface area contributed by atoms with Crippen LogP contribution in [0.5, 0.6) is 11.5 Å². The van der Waals surface area contributed by atoms with E-state index in [1.54, 1.807) is 32.4 Å². The summed E-state index contributed by atoms with van der Waals surface area (Å²) in [6, 6.07) is 38.1. The van der Waals surface area contributed by atoms with E-state index in [9.17, 15) is 13.0 Å². The molecule has 0 aromatic heterocycles. The smallest absolute Gasteiger partial charge is 0.294 e. The molecule has 0 saturated heterocycles. The Balaban J connectivity index is 1.57. The summed E-state index contributed by atoms with van der Waals surface area (Å²) in [5.74, 6) is 0.470. The Bertz CT molecular complexity index is 1680. The minimum atomic E-state index is -4.53. The predicted molar refractivity (Wildman–Crippen MR) is 171 cm³/mol. The lowest BCUT2D eigenvalue weighted by molar-refractivity contribution is 0.402. The van der Waals surface area contributed by atoms with Crippen molar-refractivity contribution in [1.29, 1.82) is 0 Å². The number of hydrogen-bond donors (Lipinski definition) is 3. The predicted octanol–water partition coefficient (Wildman–Crippen LogP) is 7.35. The Hall–Kier alpha value is -4.79. The van der Waals surface area contributed by atoms with Crippen LogP contribution >= 0.6 is 0 Å². The van der Waals surface area contributed by atoms with Crippen molar-refractivity contribution in [2.24, 2.45) is 0 Å². The number of methoxy groups -OCH3 is 2. The highest BCUT2D eigenvalue weighted by atomic mass is 32.2. The number of ether oxygens (including phenoxy) is 2. The van der Waals surface area contributed by atoms with Crippen molar-refractivity contribution in [3.05, 3.63) is 149 Å². The van der Waals surface area contributed by atoms with Gasteiger partial charge < -0.3 is 20.1 Å². The average Bonchev–Trinajstić information content (AvgIpc) is 3.04. The second-order valence-corrected chi connectivity index (χ2v) is 11.4. The van der Waals surface area contributed by atoms with E-state index in [1.165, 1.54) is 6.07 Å². The van der Waals surface area contributed by atoms with Gasteiger partial charge >= 0.3 is 0 Å².